The van der Waals surface area contributed by atoms with Gasteiger partial charge < -0.3 is 0 Å². The lowest BCUT2D eigenvalue weighted by Crippen LogP contribution is -2.54. The fraction of sp³-hybridized carbons (Fsp3) is 0.500. The van der Waals surface area contributed by atoms with E-state index < -0.39 is 15.2 Å². The van der Waals surface area contributed by atoms with Gasteiger partial charge in [0.25, 0.3) is 0 Å². The monoisotopic (exact) mass is 256 g/mol. The van der Waals surface area contributed by atoms with Crippen molar-refractivity contribution in [3.05, 3.63) is 34.9 Å². The van der Waals surface area contributed by atoms with E-state index >= 15 is 0 Å². The molecule has 84 valence electrons. The Labute approximate surface area is 100 Å². The molecule has 0 fully saturated rings. The van der Waals surface area contributed by atoms with Crippen molar-refractivity contribution in [1.29, 1.82) is 0 Å². The summed E-state index contributed by atoms with van der Waals surface area (Å²) < 4.78 is 0. The van der Waals surface area contributed by atoms with Crippen molar-refractivity contribution in [2.24, 2.45) is 0 Å². The second-order valence-corrected chi connectivity index (χ2v) is 23.6. The van der Waals surface area contributed by atoms with E-state index in [1.165, 1.54) is 11.6 Å². The molecule has 0 N–H and O–H groups in total. The summed E-state index contributed by atoms with van der Waals surface area (Å²) in [4.78, 5) is 0. The van der Waals surface area contributed by atoms with E-state index in [1.54, 1.807) is 0 Å². The van der Waals surface area contributed by atoms with Crippen molar-refractivity contribution in [2.75, 3.05) is 0 Å². The molecule has 0 amide bonds. The smallest absolute Gasteiger partial charge is 0.0454 e. The van der Waals surface area contributed by atoms with Crippen molar-refractivity contribution in [3.63, 3.8) is 0 Å². The van der Waals surface area contributed by atoms with Crippen LogP contribution in [-0.2, 0) is 6.04 Å². The first kappa shape index (κ1) is 13.0. The molecule has 15 heavy (non-hydrogen) atoms. The molecule has 0 radical (unpaired) electrons. The highest BCUT2D eigenvalue weighted by molar-refractivity contribution is 7.40. The number of halogens is 1. The Morgan fingerprint density at radius 3 is 2.13 bits per heavy atom. The Balaban J connectivity index is 2.87. The van der Waals surface area contributed by atoms with Crippen molar-refractivity contribution < 1.29 is 0 Å². The standard InChI is InChI=1S/C12H21ClSi2/c1-14(2,3)15(4,5)10-11-7-6-8-12(13)9-11/h6-9H,10H2,1-5H3. The summed E-state index contributed by atoms with van der Waals surface area (Å²) in [5.74, 6) is 0. The lowest BCUT2D eigenvalue weighted by atomic mass is 10.2. The average molecular weight is 257 g/mol. The van der Waals surface area contributed by atoms with Gasteiger partial charge in [0.15, 0.2) is 0 Å². The van der Waals surface area contributed by atoms with Gasteiger partial charge in [-0.2, -0.15) is 0 Å². The van der Waals surface area contributed by atoms with Crippen molar-refractivity contribution in [1.82, 2.24) is 0 Å². The maximum atomic E-state index is 6.01. The van der Waals surface area contributed by atoms with E-state index in [0.29, 0.717) is 0 Å². The van der Waals surface area contributed by atoms with Crippen molar-refractivity contribution >= 4 is 26.8 Å². The first-order chi connectivity index (χ1) is 6.72. The quantitative estimate of drug-likeness (QED) is 0.697. The van der Waals surface area contributed by atoms with E-state index in [9.17, 15) is 0 Å². The molecule has 1 aromatic carbocycles. The summed E-state index contributed by atoms with van der Waals surface area (Å²) in [6.07, 6.45) is 0. The molecular formula is C12H21ClSi2. The number of hydrogen-bond donors (Lipinski definition) is 0. The van der Waals surface area contributed by atoms with Gasteiger partial charge in [0.05, 0.1) is 0 Å². The highest BCUT2D eigenvalue weighted by Gasteiger charge is 2.36. The number of benzene rings is 1. The second-order valence-electron chi connectivity index (χ2n) is 5.94. The summed E-state index contributed by atoms with van der Waals surface area (Å²) in [6.45, 7) is 12.5. The highest BCUT2D eigenvalue weighted by Crippen LogP contribution is 2.24. The van der Waals surface area contributed by atoms with E-state index in [-0.39, 0.29) is 0 Å². The summed E-state index contributed by atoms with van der Waals surface area (Å²) in [6, 6.07) is 9.61. The molecule has 1 aromatic rings. The lowest BCUT2D eigenvalue weighted by Gasteiger charge is -2.35. The fourth-order valence-electron chi connectivity index (χ4n) is 1.42. The average Bonchev–Trinajstić information content (AvgIpc) is 2.00. The minimum absolute atomic E-state index is 0.868. The maximum absolute atomic E-state index is 6.01. The van der Waals surface area contributed by atoms with Crippen LogP contribution in [0.5, 0.6) is 0 Å². The number of rotatable bonds is 3. The summed E-state index contributed by atoms with van der Waals surface area (Å²) in [5, 5.41) is 0.868. The molecule has 1 rings (SSSR count). The Morgan fingerprint density at radius 1 is 1.07 bits per heavy atom. The topological polar surface area (TPSA) is 0 Å². The Morgan fingerprint density at radius 2 is 1.67 bits per heavy atom. The third kappa shape index (κ3) is 3.47. The Kier molecular flexibility index (Phi) is 3.85. The van der Waals surface area contributed by atoms with Crippen LogP contribution in [0.25, 0.3) is 0 Å². The predicted molar refractivity (Wildman–Crippen MR) is 76.0 cm³/mol. The van der Waals surface area contributed by atoms with Crippen LogP contribution < -0.4 is 0 Å². The molecule has 0 spiro atoms. The molecule has 0 unspecified atom stereocenters. The van der Waals surface area contributed by atoms with Crippen molar-refractivity contribution in [3.8, 4) is 0 Å². The third-order valence-electron chi connectivity index (χ3n) is 3.57. The van der Waals surface area contributed by atoms with Gasteiger partial charge in [0, 0.05) is 20.2 Å². The molecule has 0 saturated carbocycles. The van der Waals surface area contributed by atoms with Crippen LogP contribution in [0, 0.1) is 0 Å². The van der Waals surface area contributed by atoms with Crippen LogP contribution in [-0.4, -0.2) is 15.2 Å². The van der Waals surface area contributed by atoms with E-state index in [1.807, 2.05) is 6.07 Å². The molecule has 0 bridgehead atoms. The largest absolute Gasteiger partial charge is 0.0843 e. The van der Waals surface area contributed by atoms with E-state index in [2.05, 4.69) is 50.9 Å². The zero-order chi connectivity index (χ0) is 11.7. The van der Waals surface area contributed by atoms with Gasteiger partial charge in [0.2, 0.25) is 0 Å². The van der Waals surface area contributed by atoms with Gasteiger partial charge in [-0.05, 0) is 23.7 Å². The van der Waals surface area contributed by atoms with Gasteiger partial charge in [-0.25, -0.2) is 0 Å². The lowest BCUT2D eigenvalue weighted by molar-refractivity contribution is 1.33. The van der Waals surface area contributed by atoms with Gasteiger partial charge in [0.1, 0.15) is 0 Å². The summed E-state index contributed by atoms with van der Waals surface area (Å²) in [7, 11) is -2.08. The van der Waals surface area contributed by atoms with Gasteiger partial charge in [-0.15, -0.1) is 0 Å². The molecular weight excluding hydrogens is 236 g/mol. The second kappa shape index (κ2) is 4.44. The molecule has 0 aliphatic rings. The first-order valence-corrected chi connectivity index (χ1v) is 13.6. The van der Waals surface area contributed by atoms with E-state index in [0.717, 1.165) is 5.02 Å². The van der Waals surface area contributed by atoms with Crippen LogP contribution >= 0.6 is 11.6 Å². The van der Waals surface area contributed by atoms with Crippen LogP contribution in [0.4, 0.5) is 0 Å². The molecule has 0 aliphatic heterocycles. The number of hydrogen-bond acceptors (Lipinski definition) is 0. The fourth-order valence-corrected chi connectivity index (χ4v) is 5.61. The maximum Gasteiger partial charge on any atom is 0.0454 e. The summed E-state index contributed by atoms with van der Waals surface area (Å²) >= 11 is 6.01. The van der Waals surface area contributed by atoms with Crippen LogP contribution in [0.15, 0.2) is 24.3 Å². The SMILES string of the molecule is C[Si](C)(C)[Si](C)(C)Cc1cccc(Cl)c1. The molecule has 0 aliphatic carbocycles. The van der Waals surface area contributed by atoms with Gasteiger partial charge in [-0.1, -0.05) is 56.5 Å². The van der Waals surface area contributed by atoms with E-state index in [4.69, 9.17) is 11.6 Å². The van der Waals surface area contributed by atoms with Crippen LogP contribution in [0.2, 0.25) is 37.8 Å². The Bertz CT molecular complexity index is 340. The molecule has 0 atom stereocenters. The third-order valence-corrected chi connectivity index (χ3v) is 21.9. The normalized spacial score (nSPS) is 12.9. The molecule has 0 saturated heterocycles. The zero-order valence-electron chi connectivity index (χ0n) is 10.4. The molecule has 3 heteroatoms. The van der Waals surface area contributed by atoms with Crippen LogP contribution in [0.1, 0.15) is 5.56 Å². The minimum atomic E-state index is -1.09. The molecule has 0 heterocycles. The van der Waals surface area contributed by atoms with Crippen molar-refractivity contribution in [2.45, 2.75) is 38.8 Å². The molecule has 0 aromatic heterocycles. The highest BCUT2D eigenvalue weighted by atomic mass is 35.5. The van der Waals surface area contributed by atoms with Gasteiger partial charge in [-0.3, -0.25) is 0 Å². The van der Waals surface area contributed by atoms with Gasteiger partial charge >= 0.3 is 0 Å². The Hall–Kier alpha value is -0.0562. The predicted octanol–water partition coefficient (Wildman–Crippen LogP) is 4.55. The minimum Gasteiger partial charge on any atom is -0.0843 e. The zero-order valence-corrected chi connectivity index (χ0v) is 13.2. The van der Waals surface area contributed by atoms with Crippen LogP contribution in [0.3, 0.4) is 0 Å². The molecule has 0 nitrogen and oxygen atoms in total. The first-order valence-electron chi connectivity index (χ1n) is 5.47. The summed E-state index contributed by atoms with van der Waals surface area (Å²) in [5.41, 5.74) is 1.42.